The molecular formula is C12H16BClO3. The van der Waals surface area contributed by atoms with Crippen molar-refractivity contribution in [3.63, 3.8) is 0 Å². The fourth-order valence-corrected chi connectivity index (χ4v) is 2.35. The first-order valence-electron chi connectivity index (χ1n) is 5.69. The fourth-order valence-electron chi connectivity index (χ4n) is 2.17. The van der Waals surface area contributed by atoms with E-state index in [1.54, 1.807) is 18.2 Å². The summed E-state index contributed by atoms with van der Waals surface area (Å²) in [6, 6.07) is 4.87. The van der Waals surface area contributed by atoms with Gasteiger partial charge in [-0.25, -0.2) is 0 Å². The van der Waals surface area contributed by atoms with Gasteiger partial charge in [0.25, 0.3) is 0 Å². The molecule has 0 saturated carbocycles. The van der Waals surface area contributed by atoms with Crippen molar-refractivity contribution in [3.05, 3.63) is 23.2 Å². The van der Waals surface area contributed by atoms with E-state index in [4.69, 9.17) is 20.9 Å². The minimum absolute atomic E-state index is 0.0853. The summed E-state index contributed by atoms with van der Waals surface area (Å²) in [7, 11) is -0.563. The van der Waals surface area contributed by atoms with E-state index in [9.17, 15) is 5.11 Å². The summed E-state index contributed by atoms with van der Waals surface area (Å²) in [6.45, 7) is 6.03. The molecule has 1 aliphatic rings. The second kappa shape index (κ2) is 4.52. The molecule has 1 aromatic carbocycles. The molecule has 1 aromatic rings. The molecule has 3 nitrogen and oxygen atoms in total. The maximum Gasteiger partial charge on any atom is 0.498 e. The van der Waals surface area contributed by atoms with Crippen molar-refractivity contribution in [1.82, 2.24) is 0 Å². The van der Waals surface area contributed by atoms with Gasteiger partial charge >= 0.3 is 7.12 Å². The summed E-state index contributed by atoms with van der Waals surface area (Å²) in [6.07, 6.45) is 0.910. The largest absolute Gasteiger partial charge is 0.508 e. The first kappa shape index (κ1) is 12.7. The second-order valence-corrected chi connectivity index (χ2v) is 5.50. The van der Waals surface area contributed by atoms with E-state index in [1.165, 1.54) is 0 Å². The van der Waals surface area contributed by atoms with E-state index in [1.807, 2.05) is 20.8 Å². The van der Waals surface area contributed by atoms with Crippen molar-refractivity contribution in [1.29, 1.82) is 0 Å². The first-order chi connectivity index (χ1) is 7.87. The molecule has 17 heavy (non-hydrogen) atoms. The van der Waals surface area contributed by atoms with Gasteiger partial charge in [-0.3, -0.25) is 0 Å². The van der Waals surface area contributed by atoms with Crippen LogP contribution in [0.1, 0.15) is 27.2 Å². The Morgan fingerprint density at radius 2 is 2.18 bits per heavy atom. The Morgan fingerprint density at radius 3 is 2.82 bits per heavy atom. The van der Waals surface area contributed by atoms with E-state index in [-0.39, 0.29) is 17.5 Å². The SMILES string of the molecule is C[C@@H]1CC(C)(C)OB(c2cc(Cl)ccc2O)O1. The molecule has 0 amide bonds. The summed E-state index contributed by atoms with van der Waals surface area (Å²) < 4.78 is 11.5. The van der Waals surface area contributed by atoms with Crippen molar-refractivity contribution in [2.45, 2.75) is 38.9 Å². The number of benzene rings is 1. The molecule has 0 bridgehead atoms. The molecular weight excluding hydrogens is 238 g/mol. The maximum absolute atomic E-state index is 9.83. The average Bonchev–Trinajstić information content (AvgIpc) is 2.18. The van der Waals surface area contributed by atoms with Gasteiger partial charge in [-0.1, -0.05) is 11.6 Å². The van der Waals surface area contributed by atoms with E-state index in [2.05, 4.69) is 0 Å². The monoisotopic (exact) mass is 254 g/mol. The van der Waals surface area contributed by atoms with Crippen LogP contribution in [0.4, 0.5) is 0 Å². The lowest BCUT2D eigenvalue weighted by atomic mass is 9.74. The number of phenolic OH excluding ortho intramolecular Hbond substituents is 1. The quantitative estimate of drug-likeness (QED) is 0.782. The molecule has 0 aromatic heterocycles. The number of halogens is 1. The lowest BCUT2D eigenvalue weighted by Crippen LogP contribution is -2.51. The van der Waals surface area contributed by atoms with Gasteiger partial charge in [-0.05, 0) is 45.4 Å². The molecule has 1 atom stereocenters. The Labute approximate surface area is 107 Å². The Balaban J connectivity index is 2.30. The molecule has 1 heterocycles. The zero-order valence-electron chi connectivity index (χ0n) is 10.2. The van der Waals surface area contributed by atoms with Crippen LogP contribution in [0.5, 0.6) is 5.75 Å². The molecule has 1 fully saturated rings. The van der Waals surface area contributed by atoms with Crippen LogP contribution in [0.2, 0.25) is 5.02 Å². The number of rotatable bonds is 1. The van der Waals surface area contributed by atoms with E-state index in [0.717, 1.165) is 6.42 Å². The molecule has 2 rings (SSSR count). The maximum atomic E-state index is 9.83. The minimum Gasteiger partial charge on any atom is -0.508 e. The lowest BCUT2D eigenvalue weighted by Gasteiger charge is -2.38. The Kier molecular flexibility index (Phi) is 3.39. The summed E-state index contributed by atoms with van der Waals surface area (Å²) in [4.78, 5) is 0. The Morgan fingerprint density at radius 1 is 1.47 bits per heavy atom. The van der Waals surface area contributed by atoms with Crippen LogP contribution >= 0.6 is 11.6 Å². The van der Waals surface area contributed by atoms with Crippen molar-refractivity contribution < 1.29 is 14.4 Å². The van der Waals surface area contributed by atoms with Crippen molar-refractivity contribution in [3.8, 4) is 5.75 Å². The molecule has 0 aliphatic carbocycles. The fraction of sp³-hybridized carbons (Fsp3) is 0.500. The van der Waals surface area contributed by atoms with Crippen LogP contribution in [0, 0.1) is 0 Å². The van der Waals surface area contributed by atoms with Gasteiger partial charge in [0.05, 0.1) is 5.60 Å². The van der Waals surface area contributed by atoms with E-state index >= 15 is 0 Å². The third-order valence-electron chi connectivity index (χ3n) is 2.80. The number of hydrogen-bond acceptors (Lipinski definition) is 3. The molecule has 0 radical (unpaired) electrons. The highest BCUT2D eigenvalue weighted by Crippen LogP contribution is 2.27. The number of phenols is 1. The predicted molar refractivity (Wildman–Crippen MR) is 68.8 cm³/mol. The van der Waals surface area contributed by atoms with E-state index < -0.39 is 7.12 Å². The van der Waals surface area contributed by atoms with Gasteiger partial charge in [0.1, 0.15) is 5.75 Å². The van der Waals surface area contributed by atoms with Crippen LogP contribution in [0.3, 0.4) is 0 Å². The minimum atomic E-state index is -0.563. The number of aromatic hydroxyl groups is 1. The first-order valence-corrected chi connectivity index (χ1v) is 6.07. The van der Waals surface area contributed by atoms with Crippen LogP contribution in [0.25, 0.3) is 0 Å². The second-order valence-electron chi connectivity index (χ2n) is 5.06. The topological polar surface area (TPSA) is 38.7 Å². The smallest absolute Gasteiger partial charge is 0.498 e. The van der Waals surface area contributed by atoms with Crippen molar-refractivity contribution in [2.24, 2.45) is 0 Å². The van der Waals surface area contributed by atoms with E-state index in [0.29, 0.717) is 10.5 Å². The van der Waals surface area contributed by atoms with Crippen LogP contribution in [0.15, 0.2) is 18.2 Å². The van der Waals surface area contributed by atoms with Crippen molar-refractivity contribution in [2.75, 3.05) is 0 Å². The van der Waals surface area contributed by atoms with Crippen LogP contribution in [-0.4, -0.2) is 23.9 Å². The predicted octanol–water partition coefficient (Wildman–Crippen LogP) is 2.34. The van der Waals surface area contributed by atoms with Gasteiger partial charge in [-0.15, -0.1) is 0 Å². The lowest BCUT2D eigenvalue weighted by molar-refractivity contribution is -0.0230. The Hall–Kier alpha value is -0.705. The molecule has 1 saturated heterocycles. The van der Waals surface area contributed by atoms with Crippen LogP contribution in [-0.2, 0) is 9.31 Å². The highest BCUT2D eigenvalue weighted by molar-refractivity contribution is 6.63. The number of hydrogen-bond donors (Lipinski definition) is 1. The van der Waals surface area contributed by atoms with Gasteiger partial charge < -0.3 is 14.4 Å². The van der Waals surface area contributed by atoms with Gasteiger partial charge in [-0.2, -0.15) is 0 Å². The van der Waals surface area contributed by atoms with Gasteiger partial charge in [0, 0.05) is 16.6 Å². The average molecular weight is 255 g/mol. The zero-order valence-corrected chi connectivity index (χ0v) is 11.0. The summed E-state index contributed by atoms with van der Waals surface area (Å²) >= 11 is 5.92. The molecule has 92 valence electrons. The summed E-state index contributed by atoms with van der Waals surface area (Å²) in [5, 5.41) is 10.4. The van der Waals surface area contributed by atoms with Gasteiger partial charge in [0.2, 0.25) is 0 Å². The zero-order chi connectivity index (χ0) is 12.6. The molecule has 0 spiro atoms. The van der Waals surface area contributed by atoms with Crippen LogP contribution < -0.4 is 5.46 Å². The standard InChI is InChI=1S/C12H16BClO3/c1-8-7-12(2,3)17-13(16-8)10-6-9(14)4-5-11(10)15/h4-6,8,15H,7H2,1-3H3/t8-/m1/s1. The molecule has 5 heteroatoms. The third kappa shape index (κ3) is 2.95. The summed E-state index contributed by atoms with van der Waals surface area (Å²) in [5.74, 6) is 0.143. The highest BCUT2D eigenvalue weighted by atomic mass is 35.5. The molecule has 0 unspecified atom stereocenters. The Bertz CT molecular complexity index is 422. The third-order valence-corrected chi connectivity index (χ3v) is 3.04. The van der Waals surface area contributed by atoms with Crippen molar-refractivity contribution >= 4 is 24.2 Å². The molecule has 1 N–H and O–H groups in total. The molecule has 1 aliphatic heterocycles. The highest BCUT2D eigenvalue weighted by Gasteiger charge is 2.39. The summed E-state index contributed by atoms with van der Waals surface area (Å²) in [5.41, 5.74) is 0.314. The van der Waals surface area contributed by atoms with Gasteiger partial charge in [0.15, 0.2) is 0 Å². The normalized spacial score (nSPS) is 23.8.